The van der Waals surface area contributed by atoms with Crippen LogP contribution in [0, 0.1) is 0 Å². The van der Waals surface area contributed by atoms with Crippen molar-refractivity contribution in [2.45, 2.75) is 13.3 Å². The molecule has 0 radical (unpaired) electrons. The van der Waals surface area contributed by atoms with Crippen molar-refractivity contribution in [2.75, 3.05) is 24.5 Å². The maximum Gasteiger partial charge on any atom is 0.261 e. The molecular weight excluding hydrogens is 360 g/mol. The van der Waals surface area contributed by atoms with E-state index in [9.17, 15) is 9.59 Å². The smallest absolute Gasteiger partial charge is 0.261 e. The standard InChI is InChI=1S/C25H24N2O2/c1-2-26(23-16-9-8-13-20(23)19-11-4-3-5-12-19)17-10-18-27-24(28)21-14-6-7-15-22(21)25(27)29/h3-9,11-16H,2,10,17-18H2,1H3. The minimum absolute atomic E-state index is 0.182. The molecule has 0 bridgehead atoms. The van der Waals surface area contributed by atoms with Gasteiger partial charge in [-0.2, -0.15) is 0 Å². The number of rotatable bonds is 7. The van der Waals surface area contributed by atoms with Gasteiger partial charge in [0.1, 0.15) is 0 Å². The Morgan fingerprint density at radius 3 is 1.90 bits per heavy atom. The highest BCUT2D eigenvalue weighted by Crippen LogP contribution is 2.31. The molecule has 0 saturated carbocycles. The molecule has 4 rings (SSSR count). The molecule has 0 saturated heterocycles. The number of carbonyl (C=O) groups is 2. The molecule has 2 amide bonds. The summed E-state index contributed by atoms with van der Waals surface area (Å²) in [4.78, 5) is 28.8. The largest absolute Gasteiger partial charge is 0.371 e. The molecular formula is C25H24N2O2. The highest BCUT2D eigenvalue weighted by Gasteiger charge is 2.34. The average molecular weight is 384 g/mol. The van der Waals surface area contributed by atoms with E-state index in [1.165, 1.54) is 21.7 Å². The van der Waals surface area contributed by atoms with E-state index in [2.05, 4.69) is 48.2 Å². The summed E-state index contributed by atoms with van der Waals surface area (Å²) >= 11 is 0. The molecule has 3 aromatic rings. The molecule has 0 unspecified atom stereocenters. The number of benzene rings is 3. The minimum Gasteiger partial charge on any atom is -0.371 e. The van der Waals surface area contributed by atoms with Gasteiger partial charge in [-0.25, -0.2) is 0 Å². The molecule has 29 heavy (non-hydrogen) atoms. The van der Waals surface area contributed by atoms with Crippen molar-refractivity contribution < 1.29 is 9.59 Å². The number of carbonyl (C=O) groups excluding carboxylic acids is 2. The van der Waals surface area contributed by atoms with Crippen LogP contribution in [-0.4, -0.2) is 36.3 Å². The monoisotopic (exact) mass is 384 g/mol. The van der Waals surface area contributed by atoms with Crippen LogP contribution in [0.2, 0.25) is 0 Å². The third-order valence-electron chi connectivity index (χ3n) is 5.40. The minimum atomic E-state index is -0.182. The van der Waals surface area contributed by atoms with Crippen LogP contribution in [0.15, 0.2) is 78.9 Å². The number of anilines is 1. The van der Waals surface area contributed by atoms with Crippen molar-refractivity contribution in [3.8, 4) is 11.1 Å². The van der Waals surface area contributed by atoms with Crippen LogP contribution in [0.5, 0.6) is 0 Å². The van der Waals surface area contributed by atoms with Crippen LogP contribution in [0.1, 0.15) is 34.1 Å². The van der Waals surface area contributed by atoms with E-state index in [0.717, 1.165) is 19.5 Å². The summed E-state index contributed by atoms with van der Waals surface area (Å²) in [6.45, 7) is 4.18. The summed E-state index contributed by atoms with van der Waals surface area (Å²) in [6.07, 6.45) is 0.725. The van der Waals surface area contributed by atoms with Crippen LogP contribution in [-0.2, 0) is 0 Å². The molecule has 0 aliphatic carbocycles. The van der Waals surface area contributed by atoms with Crippen molar-refractivity contribution >= 4 is 17.5 Å². The Labute approximate surface area is 171 Å². The molecule has 4 nitrogen and oxygen atoms in total. The summed E-state index contributed by atoms with van der Waals surface area (Å²) in [7, 11) is 0. The third-order valence-corrected chi connectivity index (χ3v) is 5.40. The van der Waals surface area contributed by atoms with E-state index in [0.29, 0.717) is 17.7 Å². The van der Waals surface area contributed by atoms with Gasteiger partial charge >= 0.3 is 0 Å². The Bertz CT molecular complexity index is 995. The number of imide groups is 1. The molecule has 1 heterocycles. The molecule has 0 spiro atoms. The lowest BCUT2D eigenvalue weighted by Crippen LogP contribution is -2.33. The van der Waals surface area contributed by atoms with Gasteiger partial charge in [-0.15, -0.1) is 0 Å². The van der Waals surface area contributed by atoms with Gasteiger partial charge in [-0.3, -0.25) is 14.5 Å². The first kappa shape index (κ1) is 18.9. The van der Waals surface area contributed by atoms with Gasteiger partial charge < -0.3 is 4.90 Å². The first-order valence-electron chi connectivity index (χ1n) is 10.1. The Balaban J connectivity index is 1.47. The van der Waals surface area contributed by atoms with Gasteiger partial charge in [0, 0.05) is 30.9 Å². The fourth-order valence-electron chi connectivity index (χ4n) is 3.92. The highest BCUT2D eigenvalue weighted by molar-refractivity contribution is 6.21. The zero-order valence-electron chi connectivity index (χ0n) is 16.5. The molecule has 1 aliphatic rings. The van der Waals surface area contributed by atoms with E-state index in [1.54, 1.807) is 24.3 Å². The summed E-state index contributed by atoms with van der Waals surface area (Å²) in [5, 5.41) is 0. The number of hydrogen-bond donors (Lipinski definition) is 0. The zero-order chi connectivity index (χ0) is 20.2. The molecule has 0 aromatic heterocycles. The van der Waals surface area contributed by atoms with Crippen molar-refractivity contribution in [1.82, 2.24) is 4.90 Å². The Morgan fingerprint density at radius 2 is 1.28 bits per heavy atom. The van der Waals surface area contributed by atoms with Crippen molar-refractivity contribution in [1.29, 1.82) is 0 Å². The summed E-state index contributed by atoms with van der Waals surface area (Å²) in [5.41, 5.74) is 4.57. The van der Waals surface area contributed by atoms with Crippen LogP contribution in [0.4, 0.5) is 5.69 Å². The molecule has 0 atom stereocenters. The van der Waals surface area contributed by atoms with Gasteiger partial charge in [-0.1, -0.05) is 60.7 Å². The van der Waals surface area contributed by atoms with Gasteiger partial charge in [-0.05, 0) is 37.1 Å². The van der Waals surface area contributed by atoms with Crippen LogP contribution in [0.3, 0.4) is 0 Å². The number of nitrogens with zero attached hydrogens (tertiary/aromatic N) is 2. The molecule has 0 fully saturated rings. The highest BCUT2D eigenvalue weighted by atomic mass is 16.2. The molecule has 3 aromatic carbocycles. The van der Waals surface area contributed by atoms with Gasteiger partial charge in [0.05, 0.1) is 11.1 Å². The predicted molar refractivity (Wildman–Crippen MR) is 116 cm³/mol. The zero-order valence-corrected chi connectivity index (χ0v) is 16.5. The molecule has 1 aliphatic heterocycles. The predicted octanol–water partition coefficient (Wildman–Crippen LogP) is 4.87. The van der Waals surface area contributed by atoms with Crippen molar-refractivity contribution in [3.05, 3.63) is 90.0 Å². The normalized spacial score (nSPS) is 12.9. The van der Waals surface area contributed by atoms with Crippen LogP contribution >= 0.6 is 0 Å². The fraction of sp³-hybridized carbons (Fsp3) is 0.200. The molecule has 4 heteroatoms. The Hall–Kier alpha value is -3.40. The van der Waals surface area contributed by atoms with Crippen molar-refractivity contribution in [2.24, 2.45) is 0 Å². The third kappa shape index (κ3) is 3.66. The molecule has 0 N–H and O–H groups in total. The lowest BCUT2D eigenvalue weighted by molar-refractivity contribution is 0.0653. The Morgan fingerprint density at radius 1 is 0.724 bits per heavy atom. The first-order valence-corrected chi connectivity index (χ1v) is 10.1. The quantitative estimate of drug-likeness (QED) is 0.546. The first-order chi connectivity index (χ1) is 14.2. The van der Waals surface area contributed by atoms with Crippen molar-refractivity contribution in [3.63, 3.8) is 0 Å². The van der Waals surface area contributed by atoms with Gasteiger partial charge in [0.2, 0.25) is 0 Å². The summed E-state index contributed by atoms with van der Waals surface area (Å²) in [5.74, 6) is -0.364. The Kier molecular flexibility index (Phi) is 5.43. The number of fused-ring (bicyclic) bond motifs is 1. The second-order valence-electron chi connectivity index (χ2n) is 7.12. The number of amides is 2. The lowest BCUT2D eigenvalue weighted by atomic mass is 10.0. The van der Waals surface area contributed by atoms with E-state index in [4.69, 9.17) is 0 Å². The fourth-order valence-corrected chi connectivity index (χ4v) is 3.92. The second kappa shape index (κ2) is 8.31. The SMILES string of the molecule is CCN(CCCN1C(=O)c2ccccc2C1=O)c1ccccc1-c1ccccc1. The van der Waals surface area contributed by atoms with E-state index < -0.39 is 0 Å². The van der Waals surface area contributed by atoms with Gasteiger partial charge in [0.25, 0.3) is 11.8 Å². The number of para-hydroxylation sites is 1. The van der Waals surface area contributed by atoms with E-state index in [-0.39, 0.29) is 11.8 Å². The van der Waals surface area contributed by atoms with E-state index in [1.807, 2.05) is 18.2 Å². The maximum absolute atomic E-state index is 12.6. The topological polar surface area (TPSA) is 40.6 Å². The van der Waals surface area contributed by atoms with E-state index >= 15 is 0 Å². The van der Waals surface area contributed by atoms with Crippen LogP contribution < -0.4 is 4.90 Å². The average Bonchev–Trinajstić information content (AvgIpc) is 3.02. The lowest BCUT2D eigenvalue weighted by Gasteiger charge is -2.26. The number of hydrogen-bond acceptors (Lipinski definition) is 3. The maximum atomic E-state index is 12.6. The molecule has 146 valence electrons. The van der Waals surface area contributed by atoms with Crippen LogP contribution in [0.25, 0.3) is 11.1 Å². The summed E-state index contributed by atoms with van der Waals surface area (Å²) < 4.78 is 0. The van der Waals surface area contributed by atoms with Gasteiger partial charge in [0.15, 0.2) is 0 Å². The second-order valence-corrected chi connectivity index (χ2v) is 7.12. The summed E-state index contributed by atoms with van der Waals surface area (Å²) in [6, 6.07) is 25.8.